The molecule has 1 amide bonds. The van der Waals surface area contributed by atoms with E-state index in [1.807, 2.05) is 18.2 Å². The lowest BCUT2D eigenvalue weighted by atomic mass is 9.95. The van der Waals surface area contributed by atoms with Gasteiger partial charge in [0.05, 0.1) is 20.8 Å². The molecule has 1 aromatic carbocycles. The van der Waals surface area contributed by atoms with Crippen LogP contribution < -0.4 is 14.8 Å². The third-order valence-electron chi connectivity index (χ3n) is 5.54. The van der Waals surface area contributed by atoms with Gasteiger partial charge in [0.15, 0.2) is 11.5 Å². The second-order valence-electron chi connectivity index (χ2n) is 7.83. The van der Waals surface area contributed by atoms with Gasteiger partial charge in [-0.25, -0.2) is 0 Å². The highest BCUT2D eigenvalue weighted by Crippen LogP contribution is 2.31. The summed E-state index contributed by atoms with van der Waals surface area (Å²) in [5, 5.41) is 7.24. The number of methoxy groups -OCH3 is 2. The van der Waals surface area contributed by atoms with Gasteiger partial charge in [-0.3, -0.25) is 9.69 Å². The Balaban J connectivity index is 1.53. The Morgan fingerprint density at radius 2 is 2.00 bits per heavy atom. The Morgan fingerprint density at radius 1 is 1.27 bits per heavy atom. The van der Waals surface area contributed by atoms with Gasteiger partial charge in [-0.05, 0) is 57.5 Å². The summed E-state index contributed by atoms with van der Waals surface area (Å²) in [6.07, 6.45) is 3.79. The van der Waals surface area contributed by atoms with Crippen LogP contribution in [-0.2, 0) is 11.3 Å². The summed E-state index contributed by atoms with van der Waals surface area (Å²) in [6.45, 7) is 6.47. The van der Waals surface area contributed by atoms with E-state index in [1.54, 1.807) is 14.2 Å². The maximum absolute atomic E-state index is 12.4. The molecule has 1 atom stereocenters. The van der Waals surface area contributed by atoms with Crippen LogP contribution in [0, 0.1) is 5.92 Å². The Morgan fingerprint density at radius 3 is 2.67 bits per heavy atom. The summed E-state index contributed by atoms with van der Waals surface area (Å²) in [5.74, 6) is 2.63. The second kappa shape index (κ2) is 10.4. The minimum Gasteiger partial charge on any atom is -0.493 e. The minimum atomic E-state index is 0.0885. The Bertz CT molecular complexity index is 830. The number of likely N-dealkylation sites (tertiary alicyclic amines) is 1. The zero-order valence-electron chi connectivity index (χ0n) is 18.3. The van der Waals surface area contributed by atoms with E-state index in [4.69, 9.17) is 14.0 Å². The average molecular weight is 417 g/mol. The van der Waals surface area contributed by atoms with Gasteiger partial charge >= 0.3 is 0 Å². The number of hydrogen-bond acceptors (Lipinski definition) is 7. The molecule has 0 spiro atoms. The first-order chi connectivity index (χ1) is 14.5. The van der Waals surface area contributed by atoms with Crippen molar-refractivity contribution in [3.8, 4) is 22.9 Å². The van der Waals surface area contributed by atoms with Gasteiger partial charge in [0.1, 0.15) is 0 Å². The van der Waals surface area contributed by atoms with E-state index in [9.17, 15) is 4.79 Å². The number of carbonyl (C=O) groups is 1. The van der Waals surface area contributed by atoms with Crippen LogP contribution in [0.1, 0.15) is 45.4 Å². The number of hydrogen-bond donors (Lipinski definition) is 1. The van der Waals surface area contributed by atoms with Crippen LogP contribution in [0.3, 0.4) is 0 Å². The molecule has 2 heterocycles. The van der Waals surface area contributed by atoms with Crippen LogP contribution in [0.25, 0.3) is 11.4 Å². The molecule has 1 aliphatic heterocycles. The topological polar surface area (TPSA) is 89.7 Å². The van der Waals surface area contributed by atoms with Crippen LogP contribution >= 0.6 is 0 Å². The number of ether oxygens (including phenoxy) is 2. The summed E-state index contributed by atoms with van der Waals surface area (Å²) in [5.41, 5.74) is 0.805. The molecule has 1 aliphatic rings. The summed E-state index contributed by atoms with van der Waals surface area (Å²) in [6, 6.07) is 5.77. The standard InChI is InChI=1S/C22H32N4O4/c1-5-6-15(2)23-22(27)16-9-11-26(12-10-16)14-20-24-21(25-30-20)17-7-8-18(28-3)19(13-17)29-4/h7-8,13,15-16H,5-6,9-12,14H2,1-4H3,(H,23,27). The van der Waals surface area contributed by atoms with Crippen molar-refractivity contribution in [3.63, 3.8) is 0 Å². The van der Waals surface area contributed by atoms with Crippen molar-refractivity contribution < 1.29 is 18.8 Å². The van der Waals surface area contributed by atoms with E-state index in [2.05, 4.69) is 34.2 Å². The van der Waals surface area contributed by atoms with Crippen LogP contribution in [0.5, 0.6) is 11.5 Å². The smallest absolute Gasteiger partial charge is 0.241 e. The van der Waals surface area contributed by atoms with Crippen molar-refractivity contribution in [3.05, 3.63) is 24.1 Å². The van der Waals surface area contributed by atoms with Gasteiger partial charge in [0.25, 0.3) is 0 Å². The molecule has 8 heteroatoms. The number of nitrogens with one attached hydrogen (secondary N) is 1. The van der Waals surface area contributed by atoms with Gasteiger partial charge < -0.3 is 19.3 Å². The largest absolute Gasteiger partial charge is 0.493 e. The fourth-order valence-electron chi connectivity index (χ4n) is 3.82. The Hall–Kier alpha value is -2.61. The molecular formula is C22H32N4O4. The van der Waals surface area contributed by atoms with Crippen molar-refractivity contribution in [2.45, 2.75) is 52.1 Å². The average Bonchev–Trinajstić information content (AvgIpc) is 3.22. The molecule has 1 unspecified atom stereocenters. The Kier molecular flexibility index (Phi) is 7.68. The zero-order chi connectivity index (χ0) is 21.5. The predicted molar refractivity (Wildman–Crippen MR) is 113 cm³/mol. The molecule has 0 saturated carbocycles. The molecule has 0 aliphatic carbocycles. The third kappa shape index (κ3) is 5.50. The lowest BCUT2D eigenvalue weighted by Gasteiger charge is -2.30. The van der Waals surface area contributed by atoms with Crippen molar-refractivity contribution in [2.24, 2.45) is 5.92 Å². The molecule has 30 heavy (non-hydrogen) atoms. The molecule has 1 N–H and O–H groups in total. The van der Waals surface area contributed by atoms with E-state index < -0.39 is 0 Å². The van der Waals surface area contributed by atoms with Crippen molar-refractivity contribution in [1.29, 1.82) is 0 Å². The lowest BCUT2D eigenvalue weighted by Crippen LogP contribution is -2.42. The van der Waals surface area contributed by atoms with E-state index in [0.29, 0.717) is 29.8 Å². The normalized spacial score (nSPS) is 16.3. The highest BCUT2D eigenvalue weighted by molar-refractivity contribution is 5.79. The fourth-order valence-corrected chi connectivity index (χ4v) is 3.82. The van der Waals surface area contributed by atoms with Gasteiger partial charge in [0.2, 0.25) is 17.6 Å². The first-order valence-corrected chi connectivity index (χ1v) is 10.6. The molecule has 3 rings (SSSR count). The van der Waals surface area contributed by atoms with Gasteiger partial charge in [-0.1, -0.05) is 18.5 Å². The highest BCUT2D eigenvalue weighted by atomic mass is 16.5. The van der Waals surface area contributed by atoms with Gasteiger partial charge in [-0.2, -0.15) is 4.98 Å². The Labute approximate surface area is 177 Å². The molecule has 8 nitrogen and oxygen atoms in total. The minimum absolute atomic E-state index is 0.0885. The first kappa shape index (κ1) is 22.1. The van der Waals surface area contributed by atoms with E-state index in [1.165, 1.54) is 0 Å². The number of carbonyl (C=O) groups excluding carboxylic acids is 1. The number of rotatable bonds is 9. The number of nitrogens with zero attached hydrogens (tertiary/aromatic N) is 3. The number of aromatic nitrogens is 2. The molecule has 0 radical (unpaired) electrons. The summed E-state index contributed by atoms with van der Waals surface area (Å²) in [4.78, 5) is 19.2. The summed E-state index contributed by atoms with van der Waals surface area (Å²) in [7, 11) is 3.19. The monoisotopic (exact) mass is 416 g/mol. The van der Waals surface area contributed by atoms with Crippen LogP contribution in [-0.4, -0.2) is 54.3 Å². The molecule has 1 aromatic heterocycles. The molecule has 1 saturated heterocycles. The van der Waals surface area contributed by atoms with E-state index in [-0.39, 0.29) is 17.9 Å². The third-order valence-corrected chi connectivity index (χ3v) is 5.54. The lowest BCUT2D eigenvalue weighted by molar-refractivity contribution is -0.127. The predicted octanol–water partition coefficient (Wildman–Crippen LogP) is 3.27. The molecule has 0 bridgehead atoms. The fraction of sp³-hybridized carbons (Fsp3) is 0.591. The van der Waals surface area contributed by atoms with Gasteiger partial charge in [0, 0.05) is 17.5 Å². The van der Waals surface area contributed by atoms with E-state index in [0.717, 1.165) is 44.3 Å². The molecule has 1 fully saturated rings. The van der Waals surface area contributed by atoms with Crippen molar-refractivity contribution >= 4 is 5.91 Å². The first-order valence-electron chi connectivity index (χ1n) is 10.6. The molecule has 2 aromatic rings. The van der Waals surface area contributed by atoms with Crippen LogP contribution in [0.2, 0.25) is 0 Å². The number of piperidine rings is 1. The quantitative estimate of drug-likeness (QED) is 0.671. The SMILES string of the molecule is CCCC(C)NC(=O)C1CCN(Cc2nc(-c3ccc(OC)c(OC)c3)no2)CC1. The van der Waals surface area contributed by atoms with Crippen LogP contribution in [0.15, 0.2) is 22.7 Å². The zero-order valence-corrected chi connectivity index (χ0v) is 18.3. The second-order valence-corrected chi connectivity index (χ2v) is 7.83. The van der Waals surface area contributed by atoms with Crippen LogP contribution in [0.4, 0.5) is 0 Å². The summed E-state index contributed by atoms with van der Waals surface area (Å²) >= 11 is 0. The number of benzene rings is 1. The maximum Gasteiger partial charge on any atom is 0.241 e. The van der Waals surface area contributed by atoms with Gasteiger partial charge in [-0.15, -0.1) is 0 Å². The highest BCUT2D eigenvalue weighted by Gasteiger charge is 2.26. The summed E-state index contributed by atoms with van der Waals surface area (Å²) < 4.78 is 16.1. The molecular weight excluding hydrogens is 384 g/mol. The maximum atomic E-state index is 12.4. The van der Waals surface area contributed by atoms with Crippen molar-refractivity contribution in [2.75, 3.05) is 27.3 Å². The van der Waals surface area contributed by atoms with Crippen molar-refractivity contribution in [1.82, 2.24) is 20.4 Å². The number of amides is 1. The molecule has 164 valence electrons. The van der Waals surface area contributed by atoms with E-state index >= 15 is 0 Å².